The predicted molar refractivity (Wildman–Crippen MR) is 72.5 cm³/mol. The molecule has 110 valence electrons. The molecule has 2 rings (SSSR count). The molecular weight excluding hydrogens is 279 g/mol. The van der Waals surface area contributed by atoms with E-state index in [1.165, 1.54) is 12.4 Å². The van der Waals surface area contributed by atoms with Gasteiger partial charge in [-0.2, -0.15) is 0 Å². The van der Waals surface area contributed by atoms with E-state index in [4.69, 9.17) is 4.74 Å². The number of nitro benzene ring substituents is 1. The van der Waals surface area contributed by atoms with Crippen LogP contribution in [0.2, 0.25) is 0 Å². The molecule has 0 bridgehead atoms. The minimum Gasteiger partial charge on any atom is -0.417 e. The number of aromatic nitrogens is 2. The minimum atomic E-state index is -0.658. The molecule has 0 aliphatic rings. The summed E-state index contributed by atoms with van der Waals surface area (Å²) in [6, 6.07) is 2.87. The van der Waals surface area contributed by atoms with Crippen molar-refractivity contribution in [2.24, 2.45) is 0 Å². The molecule has 0 aliphatic carbocycles. The molecule has 0 aliphatic heterocycles. The number of nitro groups is 1. The average molecular weight is 292 g/mol. The quantitative estimate of drug-likeness (QED) is 0.649. The monoisotopic (exact) mass is 292 g/mol. The lowest BCUT2D eigenvalue weighted by molar-refractivity contribution is -0.385. The van der Waals surface area contributed by atoms with Gasteiger partial charge in [-0.3, -0.25) is 10.1 Å². The lowest BCUT2D eigenvalue weighted by Crippen LogP contribution is -2.12. The fraction of sp³-hybridized carbons (Fsp3) is 0.231. The zero-order chi connectivity index (χ0) is 15.2. The molecule has 7 nitrogen and oxygen atoms in total. The van der Waals surface area contributed by atoms with Gasteiger partial charge in [0.05, 0.1) is 4.92 Å². The largest absolute Gasteiger partial charge is 0.417 e. The lowest BCUT2D eigenvalue weighted by Gasteiger charge is -2.05. The molecule has 1 aromatic carbocycles. The molecule has 1 heterocycles. The third-order valence-electron chi connectivity index (χ3n) is 2.58. The van der Waals surface area contributed by atoms with Crippen LogP contribution in [-0.4, -0.2) is 21.4 Å². The molecule has 0 saturated carbocycles. The molecule has 0 atom stereocenters. The summed E-state index contributed by atoms with van der Waals surface area (Å²) < 4.78 is 18.4. The maximum absolute atomic E-state index is 13.2. The van der Waals surface area contributed by atoms with Crippen LogP contribution < -0.4 is 10.1 Å². The van der Waals surface area contributed by atoms with Crippen LogP contribution in [-0.2, 0) is 6.54 Å². The molecule has 1 aromatic heterocycles. The Kier molecular flexibility index (Phi) is 4.72. The van der Waals surface area contributed by atoms with Gasteiger partial charge in [-0.15, -0.1) is 0 Å². The Morgan fingerprint density at radius 3 is 2.71 bits per heavy atom. The van der Waals surface area contributed by atoms with E-state index in [1.54, 1.807) is 0 Å². The summed E-state index contributed by atoms with van der Waals surface area (Å²) in [5.41, 5.74) is 0.495. The maximum Gasteiger partial charge on any atom is 0.322 e. The highest BCUT2D eigenvalue weighted by Crippen LogP contribution is 2.30. The Hall–Kier alpha value is -2.61. The topological polar surface area (TPSA) is 90.2 Å². The Balaban J connectivity index is 2.18. The summed E-state index contributed by atoms with van der Waals surface area (Å²) >= 11 is 0. The van der Waals surface area contributed by atoms with Gasteiger partial charge in [0, 0.05) is 36.6 Å². The Bertz CT molecular complexity index is 634. The van der Waals surface area contributed by atoms with E-state index < -0.39 is 10.7 Å². The number of nitrogens with zero attached hydrogens (tertiary/aromatic N) is 3. The molecule has 2 aromatic rings. The second-order valence-electron chi connectivity index (χ2n) is 4.13. The number of halogens is 1. The summed E-state index contributed by atoms with van der Waals surface area (Å²) in [5.74, 6) is -0.876. The van der Waals surface area contributed by atoms with Gasteiger partial charge in [0.15, 0.2) is 0 Å². The third kappa shape index (κ3) is 3.93. The third-order valence-corrected chi connectivity index (χ3v) is 2.58. The van der Waals surface area contributed by atoms with Gasteiger partial charge < -0.3 is 10.1 Å². The standard InChI is InChI=1S/C13H13FN4O3/c1-2-15-6-9-7-16-13(17-8-9)21-12-5-10(14)3-4-11(12)18(19)20/h3-5,7-8,15H,2,6H2,1H3. The van der Waals surface area contributed by atoms with Crippen molar-refractivity contribution >= 4 is 5.69 Å². The molecular formula is C13H13FN4O3. The molecule has 0 fully saturated rings. The van der Waals surface area contributed by atoms with Crippen LogP contribution in [0.3, 0.4) is 0 Å². The molecule has 8 heteroatoms. The Morgan fingerprint density at radius 2 is 2.10 bits per heavy atom. The lowest BCUT2D eigenvalue weighted by atomic mass is 10.3. The van der Waals surface area contributed by atoms with Crippen molar-refractivity contribution in [3.05, 3.63) is 52.1 Å². The van der Waals surface area contributed by atoms with E-state index in [0.717, 1.165) is 30.3 Å². The molecule has 0 spiro atoms. The summed E-state index contributed by atoms with van der Waals surface area (Å²) in [4.78, 5) is 18.1. The highest BCUT2D eigenvalue weighted by atomic mass is 19.1. The molecule has 0 saturated heterocycles. The van der Waals surface area contributed by atoms with Gasteiger partial charge in [0.1, 0.15) is 5.82 Å². The van der Waals surface area contributed by atoms with Gasteiger partial charge in [0.25, 0.3) is 0 Å². The van der Waals surface area contributed by atoms with E-state index in [9.17, 15) is 14.5 Å². The van der Waals surface area contributed by atoms with Crippen molar-refractivity contribution in [2.75, 3.05) is 6.54 Å². The van der Waals surface area contributed by atoms with Gasteiger partial charge >= 0.3 is 11.7 Å². The van der Waals surface area contributed by atoms with Crippen molar-refractivity contribution in [2.45, 2.75) is 13.5 Å². The molecule has 0 amide bonds. The van der Waals surface area contributed by atoms with Crippen LogP contribution in [0, 0.1) is 15.9 Å². The first-order valence-corrected chi connectivity index (χ1v) is 6.23. The highest BCUT2D eigenvalue weighted by Gasteiger charge is 2.17. The zero-order valence-electron chi connectivity index (χ0n) is 11.2. The zero-order valence-corrected chi connectivity index (χ0v) is 11.2. The van der Waals surface area contributed by atoms with Crippen molar-refractivity contribution in [3.63, 3.8) is 0 Å². The maximum atomic E-state index is 13.2. The molecule has 1 N–H and O–H groups in total. The normalized spacial score (nSPS) is 10.4. The van der Waals surface area contributed by atoms with Crippen molar-refractivity contribution in [1.29, 1.82) is 0 Å². The van der Waals surface area contributed by atoms with E-state index in [-0.39, 0.29) is 17.4 Å². The van der Waals surface area contributed by atoms with Gasteiger partial charge in [-0.05, 0) is 12.6 Å². The second kappa shape index (κ2) is 6.71. The molecule has 0 unspecified atom stereocenters. The number of ether oxygens (including phenoxy) is 1. The predicted octanol–water partition coefficient (Wildman–Crippen LogP) is 2.43. The van der Waals surface area contributed by atoms with E-state index in [2.05, 4.69) is 15.3 Å². The summed E-state index contributed by atoms with van der Waals surface area (Å²) in [7, 11) is 0. The molecule has 0 radical (unpaired) electrons. The van der Waals surface area contributed by atoms with E-state index in [1.807, 2.05) is 6.92 Å². The summed E-state index contributed by atoms with van der Waals surface area (Å²) in [5, 5.41) is 14.0. The number of nitrogens with one attached hydrogen (secondary N) is 1. The van der Waals surface area contributed by atoms with Crippen molar-refractivity contribution < 1.29 is 14.1 Å². The van der Waals surface area contributed by atoms with E-state index in [0.29, 0.717) is 6.54 Å². The van der Waals surface area contributed by atoms with Crippen LogP contribution >= 0.6 is 0 Å². The summed E-state index contributed by atoms with van der Waals surface area (Å²) in [6.07, 6.45) is 3.08. The Morgan fingerprint density at radius 1 is 1.38 bits per heavy atom. The first-order valence-electron chi connectivity index (χ1n) is 6.23. The summed E-state index contributed by atoms with van der Waals surface area (Å²) in [6.45, 7) is 3.39. The van der Waals surface area contributed by atoms with Crippen LogP contribution in [0.1, 0.15) is 12.5 Å². The Labute approximate surface area is 120 Å². The number of rotatable bonds is 6. The minimum absolute atomic E-state index is 0.0797. The van der Waals surface area contributed by atoms with Gasteiger partial charge in [0.2, 0.25) is 5.75 Å². The van der Waals surface area contributed by atoms with Crippen LogP contribution in [0.15, 0.2) is 30.6 Å². The highest BCUT2D eigenvalue weighted by molar-refractivity contribution is 5.47. The van der Waals surface area contributed by atoms with Crippen LogP contribution in [0.5, 0.6) is 11.8 Å². The van der Waals surface area contributed by atoms with Gasteiger partial charge in [-0.25, -0.2) is 14.4 Å². The SMILES string of the molecule is CCNCc1cnc(Oc2cc(F)ccc2[N+](=O)[O-])nc1. The van der Waals surface area contributed by atoms with Gasteiger partial charge in [-0.1, -0.05) is 6.92 Å². The second-order valence-corrected chi connectivity index (χ2v) is 4.13. The first-order chi connectivity index (χ1) is 10.1. The van der Waals surface area contributed by atoms with Crippen LogP contribution in [0.25, 0.3) is 0 Å². The number of benzene rings is 1. The van der Waals surface area contributed by atoms with Crippen LogP contribution in [0.4, 0.5) is 10.1 Å². The van der Waals surface area contributed by atoms with Crippen molar-refractivity contribution in [1.82, 2.24) is 15.3 Å². The van der Waals surface area contributed by atoms with E-state index >= 15 is 0 Å². The average Bonchev–Trinajstić information content (AvgIpc) is 2.46. The number of hydrogen-bond donors (Lipinski definition) is 1. The van der Waals surface area contributed by atoms with Crippen molar-refractivity contribution in [3.8, 4) is 11.8 Å². The smallest absolute Gasteiger partial charge is 0.322 e. The fourth-order valence-electron chi connectivity index (χ4n) is 1.58. The fourth-order valence-corrected chi connectivity index (χ4v) is 1.58. The first kappa shape index (κ1) is 14.8. The molecule has 21 heavy (non-hydrogen) atoms. The number of hydrogen-bond acceptors (Lipinski definition) is 6.